The van der Waals surface area contributed by atoms with E-state index in [1.807, 2.05) is 27.7 Å². The van der Waals surface area contributed by atoms with Crippen LogP contribution in [-0.2, 0) is 21.1 Å². The Kier molecular flexibility index (Phi) is 8.04. The summed E-state index contributed by atoms with van der Waals surface area (Å²) in [6.45, 7) is 9.40. The number of benzene rings is 2. The van der Waals surface area contributed by atoms with Gasteiger partial charge in [0, 0.05) is 11.0 Å². The van der Waals surface area contributed by atoms with E-state index in [0.717, 1.165) is 37.1 Å². The van der Waals surface area contributed by atoms with Crippen LogP contribution in [0.4, 0.5) is 26.3 Å². The van der Waals surface area contributed by atoms with Crippen LogP contribution in [0.25, 0.3) is 0 Å². The summed E-state index contributed by atoms with van der Waals surface area (Å²) in [5, 5.41) is 11.0. The minimum absolute atomic E-state index is 0.0322. The number of alkyl halides is 6. The molecule has 2 aromatic carbocycles. The van der Waals surface area contributed by atoms with Gasteiger partial charge < -0.3 is 19.2 Å². The molecule has 204 valence electrons. The lowest BCUT2D eigenvalue weighted by atomic mass is 9.76. The third-order valence-electron chi connectivity index (χ3n) is 7.05. The van der Waals surface area contributed by atoms with Crippen molar-refractivity contribution < 1.29 is 45.5 Å². The Morgan fingerprint density at radius 1 is 0.892 bits per heavy atom. The van der Waals surface area contributed by atoms with Crippen molar-refractivity contribution in [3.63, 3.8) is 0 Å². The molecule has 2 unspecified atom stereocenters. The van der Waals surface area contributed by atoms with Crippen molar-refractivity contribution in [2.45, 2.75) is 83.0 Å². The Bertz CT molecular complexity index is 1100. The fraction of sp³-hybridized carbons (Fsp3) is 0.538. The number of ether oxygens (including phenoxy) is 1. The highest BCUT2D eigenvalue weighted by molar-refractivity contribution is 6.63. The van der Waals surface area contributed by atoms with Crippen molar-refractivity contribution in [3.05, 3.63) is 59.2 Å². The summed E-state index contributed by atoms with van der Waals surface area (Å²) in [4.78, 5) is 0. The van der Waals surface area contributed by atoms with Gasteiger partial charge in [-0.05, 0) is 57.9 Å². The van der Waals surface area contributed by atoms with Crippen LogP contribution < -0.4 is 10.2 Å². The third-order valence-corrected chi connectivity index (χ3v) is 7.05. The van der Waals surface area contributed by atoms with Gasteiger partial charge in [0.05, 0.1) is 23.4 Å². The molecule has 0 aromatic heterocycles. The number of hydrogen-bond acceptors (Lipinski definition) is 4. The Balaban J connectivity index is 2.11. The van der Waals surface area contributed by atoms with E-state index in [1.54, 1.807) is 6.92 Å². The monoisotopic (exact) mass is 532 g/mol. The van der Waals surface area contributed by atoms with Crippen molar-refractivity contribution in [3.8, 4) is 5.75 Å². The molecule has 1 fully saturated rings. The second-order valence-corrected chi connectivity index (χ2v) is 9.88. The van der Waals surface area contributed by atoms with E-state index in [-0.39, 0.29) is 12.4 Å². The molecule has 11 heteroatoms. The molecule has 0 aliphatic carbocycles. The lowest BCUT2D eigenvalue weighted by molar-refractivity contribution is -0.248. The number of halogens is 6. The summed E-state index contributed by atoms with van der Waals surface area (Å²) in [5.74, 6) is -0.0322. The van der Waals surface area contributed by atoms with Crippen LogP contribution in [-0.4, -0.2) is 36.2 Å². The molecule has 1 heterocycles. The molecular weight excluding hydrogens is 501 g/mol. The first kappa shape index (κ1) is 29.3. The summed E-state index contributed by atoms with van der Waals surface area (Å²) in [5.41, 5.74) is -7.79. The van der Waals surface area contributed by atoms with Gasteiger partial charge >= 0.3 is 19.5 Å². The zero-order chi connectivity index (χ0) is 27.9. The molecule has 1 saturated heterocycles. The fourth-order valence-electron chi connectivity index (χ4n) is 4.44. The van der Waals surface area contributed by atoms with Gasteiger partial charge in [-0.15, -0.1) is 0 Å². The molecule has 0 spiro atoms. The van der Waals surface area contributed by atoms with Gasteiger partial charge in [-0.3, -0.25) is 0 Å². The van der Waals surface area contributed by atoms with Crippen LogP contribution >= 0.6 is 0 Å². The second kappa shape index (κ2) is 10.1. The molecule has 3 rings (SSSR count). The maximum atomic E-state index is 14.3. The Labute approximate surface area is 213 Å². The number of rotatable bonds is 8. The second-order valence-electron chi connectivity index (χ2n) is 9.88. The summed E-state index contributed by atoms with van der Waals surface area (Å²) < 4.78 is 101. The zero-order valence-corrected chi connectivity index (χ0v) is 21.4. The van der Waals surface area contributed by atoms with Gasteiger partial charge in [0.1, 0.15) is 5.75 Å². The van der Waals surface area contributed by atoms with Crippen molar-refractivity contribution in [1.29, 1.82) is 0 Å². The molecule has 0 radical (unpaired) electrons. The zero-order valence-electron chi connectivity index (χ0n) is 21.4. The van der Waals surface area contributed by atoms with Gasteiger partial charge in [0.25, 0.3) is 0 Å². The molecule has 0 saturated carbocycles. The first-order valence-corrected chi connectivity index (χ1v) is 12.1. The maximum Gasteiger partial charge on any atom is 0.498 e. The molecule has 0 amide bonds. The van der Waals surface area contributed by atoms with Crippen molar-refractivity contribution in [1.82, 2.24) is 0 Å². The Morgan fingerprint density at radius 2 is 1.51 bits per heavy atom. The molecule has 1 N–H and O–H groups in total. The molecule has 37 heavy (non-hydrogen) atoms. The molecule has 4 nitrogen and oxygen atoms in total. The van der Waals surface area contributed by atoms with E-state index in [9.17, 15) is 31.4 Å². The Morgan fingerprint density at radius 3 is 2.08 bits per heavy atom. The van der Waals surface area contributed by atoms with Crippen LogP contribution in [0.2, 0.25) is 0 Å². The van der Waals surface area contributed by atoms with Gasteiger partial charge in [-0.1, -0.05) is 44.0 Å². The largest absolute Gasteiger partial charge is 0.498 e. The third kappa shape index (κ3) is 5.49. The first-order valence-electron chi connectivity index (χ1n) is 12.1. The quantitative estimate of drug-likeness (QED) is 0.317. The smallest absolute Gasteiger partial charge is 0.494 e. The van der Waals surface area contributed by atoms with Gasteiger partial charge in [0.2, 0.25) is 5.60 Å². The van der Waals surface area contributed by atoms with E-state index < -0.39 is 53.0 Å². The molecular formula is C26H31BF6O4. The van der Waals surface area contributed by atoms with Gasteiger partial charge in [-0.25, -0.2) is 0 Å². The van der Waals surface area contributed by atoms with Crippen molar-refractivity contribution >= 4 is 12.6 Å². The van der Waals surface area contributed by atoms with Crippen molar-refractivity contribution in [2.75, 3.05) is 6.61 Å². The number of aliphatic hydroxyl groups is 1. The van der Waals surface area contributed by atoms with E-state index >= 15 is 0 Å². The minimum Gasteiger partial charge on any atom is -0.494 e. The lowest BCUT2D eigenvalue weighted by Gasteiger charge is -2.36. The van der Waals surface area contributed by atoms with Crippen LogP contribution in [0.5, 0.6) is 5.75 Å². The summed E-state index contributed by atoms with van der Waals surface area (Å²) in [7, 11) is -0.958. The lowest BCUT2D eigenvalue weighted by Crippen LogP contribution is -2.44. The fourth-order valence-corrected chi connectivity index (χ4v) is 4.44. The topological polar surface area (TPSA) is 47.9 Å². The first-order chi connectivity index (χ1) is 17.0. The number of hydrogen-bond donors (Lipinski definition) is 1. The van der Waals surface area contributed by atoms with E-state index in [4.69, 9.17) is 14.0 Å². The predicted molar refractivity (Wildman–Crippen MR) is 128 cm³/mol. The average Bonchev–Trinajstić information content (AvgIpc) is 3.04. The SMILES string of the molecule is CCCCC1(C)OB(c2ccc(C(O)(c3cccc(C(F)(F)F)c3)C(F)(F)F)cc2OCC)OC1(C)C. The van der Waals surface area contributed by atoms with E-state index in [2.05, 4.69) is 0 Å². The highest BCUT2D eigenvalue weighted by Gasteiger charge is 2.58. The summed E-state index contributed by atoms with van der Waals surface area (Å²) in [6.07, 6.45) is -7.73. The molecule has 2 atom stereocenters. The number of unbranched alkanes of at least 4 members (excludes halogenated alkanes) is 1. The van der Waals surface area contributed by atoms with Crippen LogP contribution in [0.15, 0.2) is 42.5 Å². The molecule has 1 aliphatic heterocycles. The van der Waals surface area contributed by atoms with Gasteiger partial charge in [0.15, 0.2) is 0 Å². The maximum absolute atomic E-state index is 14.3. The minimum atomic E-state index is -5.34. The normalized spacial score (nSPS) is 21.7. The highest BCUT2D eigenvalue weighted by Crippen LogP contribution is 2.46. The van der Waals surface area contributed by atoms with Crippen LogP contribution in [0, 0.1) is 0 Å². The highest BCUT2D eigenvalue weighted by atomic mass is 19.4. The predicted octanol–water partition coefficient (Wildman–Crippen LogP) is 6.37. The van der Waals surface area contributed by atoms with Crippen molar-refractivity contribution in [2.24, 2.45) is 0 Å². The summed E-state index contributed by atoms with van der Waals surface area (Å²) >= 11 is 0. The average molecular weight is 532 g/mol. The van der Waals surface area contributed by atoms with Crippen LogP contribution in [0.1, 0.15) is 70.6 Å². The van der Waals surface area contributed by atoms with E-state index in [1.165, 1.54) is 6.07 Å². The van der Waals surface area contributed by atoms with Crippen LogP contribution in [0.3, 0.4) is 0 Å². The molecule has 0 bridgehead atoms. The summed E-state index contributed by atoms with van der Waals surface area (Å²) in [6, 6.07) is 5.85. The van der Waals surface area contributed by atoms with E-state index in [0.29, 0.717) is 24.0 Å². The van der Waals surface area contributed by atoms with Gasteiger partial charge in [-0.2, -0.15) is 26.3 Å². The molecule has 1 aliphatic rings. The Hall–Kier alpha value is -2.24. The standard InChI is InChI=1S/C26H31BF6O4/c1-6-8-14-23(5)22(3,4)36-27(37-23)20-13-12-18(16-21(20)35-7-2)24(34,26(31,32)33)17-10-9-11-19(15-17)25(28,29)30/h9-13,15-16,34H,6-8,14H2,1-5H3. The molecule has 2 aromatic rings.